The van der Waals surface area contributed by atoms with Gasteiger partial charge >= 0.3 is 0 Å². The molecule has 0 saturated heterocycles. The van der Waals surface area contributed by atoms with E-state index < -0.39 is 4.92 Å². The second-order valence-electron chi connectivity index (χ2n) is 5.74. The van der Waals surface area contributed by atoms with Gasteiger partial charge in [0.25, 0.3) is 11.2 Å². The number of nitro benzene ring substituents is 1. The smallest absolute Gasteiger partial charge is 0.279 e. The highest BCUT2D eigenvalue weighted by molar-refractivity contribution is 5.77. The molecule has 0 fully saturated rings. The lowest BCUT2D eigenvalue weighted by molar-refractivity contribution is -0.385. The Bertz CT molecular complexity index is 1090. The summed E-state index contributed by atoms with van der Waals surface area (Å²) < 4.78 is 11.7. The predicted molar refractivity (Wildman–Crippen MR) is 93.0 cm³/mol. The molecule has 9 nitrogen and oxygen atoms in total. The molecule has 0 unspecified atom stereocenters. The maximum absolute atomic E-state index is 12.7. The number of aryl methyl sites for hydroxylation is 1. The van der Waals surface area contributed by atoms with Crippen molar-refractivity contribution in [1.82, 2.24) is 9.66 Å². The normalized spacial score (nSPS) is 12.3. The van der Waals surface area contributed by atoms with Crippen molar-refractivity contribution in [2.75, 3.05) is 12.2 Å². The highest BCUT2D eigenvalue weighted by atomic mass is 16.7. The van der Waals surface area contributed by atoms with Gasteiger partial charge in [-0.15, -0.1) is 0 Å². The van der Waals surface area contributed by atoms with Gasteiger partial charge in [0.15, 0.2) is 11.5 Å². The third-order valence-electron chi connectivity index (χ3n) is 4.14. The first-order valence-corrected chi connectivity index (χ1v) is 7.84. The SMILES string of the molecule is Cc1nc2ccccc2c(=O)n1NCc1cc2c(cc1[N+](=O)[O-])OCO2. The largest absolute Gasteiger partial charge is 0.454 e. The molecule has 0 amide bonds. The van der Waals surface area contributed by atoms with Gasteiger partial charge in [0.1, 0.15) is 5.82 Å². The van der Waals surface area contributed by atoms with E-state index in [2.05, 4.69) is 10.4 Å². The lowest BCUT2D eigenvalue weighted by Crippen LogP contribution is -2.31. The zero-order valence-corrected chi connectivity index (χ0v) is 13.8. The van der Waals surface area contributed by atoms with Crippen molar-refractivity contribution in [1.29, 1.82) is 0 Å². The number of aromatic nitrogens is 2. The summed E-state index contributed by atoms with van der Waals surface area (Å²) in [7, 11) is 0. The molecule has 1 aliphatic rings. The van der Waals surface area contributed by atoms with Crippen LogP contribution in [0.3, 0.4) is 0 Å². The van der Waals surface area contributed by atoms with Gasteiger partial charge in [-0.2, -0.15) is 0 Å². The van der Waals surface area contributed by atoms with Crippen molar-refractivity contribution < 1.29 is 14.4 Å². The maximum atomic E-state index is 12.7. The van der Waals surface area contributed by atoms with Crippen LogP contribution in [-0.4, -0.2) is 21.4 Å². The summed E-state index contributed by atoms with van der Waals surface area (Å²) in [5.74, 6) is 1.23. The Morgan fingerprint density at radius 3 is 2.77 bits per heavy atom. The van der Waals surface area contributed by atoms with Crippen LogP contribution < -0.4 is 20.5 Å². The van der Waals surface area contributed by atoms with Crippen molar-refractivity contribution in [3.05, 3.63) is 68.3 Å². The van der Waals surface area contributed by atoms with E-state index in [1.807, 2.05) is 6.07 Å². The molecule has 132 valence electrons. The number of benzene rings is 2. The molecule has 9 heteroatoms. The van der Waals surface area contributed by atoms with Gasteiger partial charge < -0.3 is 14.9 Å². The molecule has 3 aromatic rings. The van der Waals surface area contributed by atoms with Gasteiger partial charge in [-0.25, -0.2) is 9.66 Å². The fraction of sp³-hybridized carbons (Fsp3) is 0.176. The van der Waals surface area contributed by atoms with E-state index in [9.17, 15) is 14.9 Å². The van der Waals surface area contributed by atoms with Crippen LogP contribution in [0.15, 0.2) is 41.2 Å². The van der Waals surface area contributed by atoms with E-state index in [4.69, 9.17) is 9.47 Å². The fourth-order valence-corrected chi connectivity index (χ4v) is 2.88. The standard InChI is InChI=1S/C17H14N4O5/c1-10-19-13-5-3-2-4-12(13)17(22)20(10)18-8-11-6-15-16(26-9-25-15)7-14(11)21(23)24/h2-7,18H,8-9H2,1H3. The van der Waals surface area contributed by atoms with Gasteiger partial charge in [0, 0.05) is 0 Å². The second kappa shape index (κ2) is 6.03. The summed E-state index contributed by atoms with van der Waals surface area (Å²) in [4.78, 5) is 27.9. The molecule has 0 radical (unpaired) electrons. The first-order valence-electron chi connectivity index (χ1n) is 7.84. The lowest BCUT2D eigenvalue weighted by atomic mass is 10.1. The summed E-state index contributed by atoms with van der Waals surface area (Å²) in [5.41, 5.74) is 3.51. The minimum absolute atomic E-state index is 0.0243. The molecule has 0 saturated carbocycles. The zero-order valence-electron chi connectivity index (χ0n) is 13.8. The molecule has 0 spiro atoms. The van der Waals surface area contributed by atoms with Crippen LogP contribution in [0.2, 0.25) is 0 Å². The van der Waals surface area contributed by atoms with Crippen molar-refractivity contribution in [3.63, 3.8) is 0 Å². The first kappa shape index (κ1) is 15.9. The number of hydrogen-bond donors (Lipinski definition) is 1. The van der Waals surface area contributed by atoms with E-state index in [-0.39, 0.29) is 24.6 Å². The quantitative estimate of drug-likeness (QED) is 0.564. The van der Waals surface area contributed by atoms with Crippen LogP contribution in [-0.2, 0) is 6.54 Å². The van der Waals surface area contributed by atoms with Crippen LogP contribution in [0, 0.1) is 17.0 Å². The third-order valence-corrected chi connectivity index (χ3v) is 4.14. The van der Waals surface area contributed by atoms with Crippen molar-refractivity contribution in [3.8, 4) is 11.5 Å². The number of fused-ring (bicyclic) bond motifs is 2. The molecule has 0 bridgehead atoms. The Morgan fingerprint density at radius 1 is 1.27 bits per heavy atom. The minimum Gasteiger partial charge on any atom is -0.454 e. The van der Waals surface area contributed by atoms with E-state index in [1.165, 1.54) is 10.7 Å². The number of nitrogens with zero attached hydrogens (tertiary/aromatic N) is 3. The second-order valence-corrected chi connectivity index (χ2v) is 5.74. The number of hydrogen-bond acceptors (Lipinski definition) is 7. The predicted octanol–water partition coefficient (Wildman–Crippen LogP) is 2.09. The summed E-state index contributed by atoms with van der Waals surface area (Å²) >= 11 is 0. The molecule has 2 aromatic carbocycles. The third kappa shape index (κ3) is 2.59. The molecule has 26 heavy (non-hydrogen) atoms. The molecule has 1 N–H and O–H groups in total. The van der Waals surface area contributed by atoms with Crippen molar-refractivity contribution in [2.24, 2.45) is 0 Å². The van der Waals surface area contributed by atoms with Crippen LogP contribution in [0.5, 0.6) is 11.5 Å². The highest BCUT2D eigenvalue weighted by Gasteiger charge is 2.23. The molecule has 1 aromatic heterocycles. The maximum Gasteiger partial charge on any atom is 0.279 e. The summed E-state index contributed by atoms with van der Waals surface area (Å²) in [6, 6.07) is 9.88. The van der Waals surface area contributed by atoms with E-state index >= 15 is 0 Å². The zero-order chi connectivity index (χ0) is 18.3. The number of para-hydroxylation sites is 1. The Labute approximate surface area is 146 Å². The van der Waals surface area contributed by atoms with Gasteiger partial charge in [0.2, 0.25) is 6.79 Å². The first-order chi connectivity index (χ1) is 12.5. The Hall–Kier alpha value is -3.62. The Morgan fingerprint density at radius 2 is 2.00 bits per heavy atom. The minimum atomic E-state index is -0.493. The van der Waals surface area contributed by atoms with Crippen LogP contribution in [0.4, 0.5) is 5.69 Å². The van der Waals surface area contributed by atoms with Gasteiger partial charge in [-0.05, 0) is 25.1 Å². The number of nitrogens with one attached hydrogen (secondary N) is 1. The molecule has 2 heterocycles. The van der Waals surface area contributed by atoms with E-state index in [1.54, 1.807) is 31.2 Å². The summed E-state index contributed by atoms with van der Waals surface area (Å²) in [5, 5.41) is 11.8. The van der Waals surface area contributed by atoms with E-state index in [0.29, 0.717) is 33.8 Å². The average Bonchev–Trinajstić information content (AvgIpc) is 3.08. The van der Waals surface area contributed by atoms with Gasteiger partial charge in [0.05, 0.1) is 34.0 Å². The summed E-state index contributed by atoms with van der Waals surface area (Å²) in [6.07, 6.45) is 0. The number of ether oxygens (including phenoxy) is 2. The van der Waals surface area contributed by atoms with Crippen LogP contribution in [0.1, 0.15) is 11.4 Å². The molecule has 0 atom stereocenters. The van der Waals surface area contributed by atoms with Gasteiger partial charge in [-0.3, -0.25) is 14.9 Å². The number of rotatable bonds is 4. The topological polar surface area (TPSA) is 109 Å². The lowest BCUT2D eigenvalue weighted by Gasteiger charge is -2.13. The summed E-state index contributed by atoms with van der Waals surface area (Å²) in [6.45, 7) is 1.76. The monoisotopic (exact) mass is 354 g/mol. The van der Waals surface area contributed by atoms with Crippen LogP contribution in [0.25, 0.3) is 10.9 Å². The molecule has 0 aliphatic carbocycles. The number of nitro groups is 1. The highest BCUT2D eigenvalue weighted by Crippen LogP contribution is 2.37. The fourth-order valence-electron chi connectivity index (χ4n) is 2.88. The van der Waals surface area contributed by atoms with E-state index in [0.717, 1.165) is 0 Å². The molecular weight excluding hydrogens is 340 g/mol. The van der Waals surface area contributed by atoms with Crippen LogP contribution >= 0.6 is 0 Å². The molecule has 1 aliphatic heterocycles. The average molecular weight is 354 g/mol. The Balaban J connectivity index is 1.71. The van der Waals surface area contributed by atoms with Crippen molar-refractivity contribution in [2.45, 2.75) is 13.5 Å². The Kier molecular flexibility index (Phi) is 3.68. The van der Waals surface area contributed by atoms with Crippen molar-refractivity contribution >= 4 is 16.6 Å². The molecule has 4 rings (SSSR count). The van der Waals surface area contributed by atoms with Gasteiger partial charge in [-0.1, -0.05) is 12.1 Å². The molecular formula is C17H14N4O5.